The SMILES string of the molecule is CCOc1cc(C(=O)NCc2cccc3ccccc23)cc(Br)c1OC. The summed E-state index contributed by atoms with van der Waals surface area (Å²) >= 11 is 3.44. The lowest BCUT2D eigenvalue weighted by molar-refractivity contribution is 0.0950. The molecule has 0 saturated carbocycles. The topological polar surface area (TPSA) is 47.6 Å². The third-order valence-corrected chi connectivity index (χ3v) is 4.68. The Balaban J connectivity index is 1.82. The van der Waals surface area contributed by atoms with E-state index in [9.17, 15) is 4.79 Å². The monoisotopic (exact) mass is 413 g/mol. The van der Waals surface area contributed by atoms with Crippen LogP contribution in [0.15, 0.2) is 59.1 Å². The first-order chi connectivity index (χ1) is 12.6. The van der Waals surface area contributed by atoms with Crippen LogP contribution in [-0.4, -0.2) is 19.6 Å². The van der Waals surface area contributed by atoms with Gasteiger partial charge in [-0.25, -0.2) is 0 Å². The number of halogens is 1. The summed E-state index contributed by atoms with van der Waals surface area (Å²) in [6.07, 6.45) is 0. The van der Waals surface area contributed by atoms with Crippen molar-refractivity contribution in [2.45, 2.75) is 13.5 Å². The average molecular weight is 414 g/mol. The van der Waals surface area contributed by atoms with E-state index >= 15 is 0 Å². The first kappa shape index (κ1) is 18.3. The number of fused-ring (bicyclic) bond motifs is 1. The summed E-state index contributed by atoms with van der Waals surface area (Å²) in [5.74, 6) is 0.958. The van der Waals surface area contributed by atoms with E-state index in [-0.39, 0.29) is 5.91 Å². The van der Waals surface area contributed by atoms with Gasteiger partial charge in [-0.2, -0.15) is 0 Å². The Labute approximate surface area is 161 Å². The number of carbonyl (C=O) groups is 1. The van der Waals surface area contributed by atoms with Crippen molar-refractivity contribution in [2.24, 2.45) is 0 Å². The van der Waals surface area contributed by atoms with Gasteiger partial charge in [-0.1, -0.05) is 42.5 Å². The molecule has 0 spiro atoms. The number of benzene rings is 3. The van der Waals surface area contributed by atoms with E-state index < -0.39 is 0 Å². The van der Waals surface area contributed by atoms with Gasteiger partial charge in [0.25, 0.3) is 5.91 Å². The second-order valence-corrected chi connectivity index (χ2v) is 6.60. The quantitative estimate of drug-likeness (QED) is 0.622. The molecule has 0 unspecified atom stereocenters. The van der Waals surface area contributed by atoms with Gasteiger partial charge < -0.3 is 14.8 Å². The van der Waals surface area contributed by atoms with Gasteiger partial charge in [0, 0.05) is 12.1 Å². The number of hydrogen-bond acceptors (Lipinski definition) is 3. The molecule has 5 heteroatoms. The summed E-state index contributed by atoms with van der Waals surface area (Å²) in [6.45, 7) is 2.83. The Morgan fingerprint density at radius 2 is 1.88 bits per heavy atom. The molecule has 26 heavy (non-hydrogen) atoms. The Hall–Kier alpha value is -2.53. The maximum absolute atomic E-state index is 12.6. The predicted octanol–water partition coefficient (Wildman–Crippen LogP) is 4.94. The summed E-state index contributed by atoms with van der Waals surface area (Å²) in [7, 11) is 1.57. The van der Waals surface area contributed by atoms with Crippen LogP contribution in [0.2, 0.25) is 0 Å². The summed E-state index contributed by atoms with van der Waals surface area (Å²) in [5, 5.41) is 5.28. The zero-order chi connectivity index (χ0) is 18.5. The average Bonchev–Trinajstić information content (AvgIpc) is 2.66. The van der Waals surface area contributed by atoms with Crippen LogP contribution in [-0.2, 0) is 6.54 Å². The lowest BCUT2D eigenvalue weighted by Gasteiger charge is -2.14. The second kappa shape index (κ2) is 8.23. The Bertz CT molecular complexity index is 934. The molecule has 3 rings (SSSR count). The number of nitrogens with one attached hydrogen (secondary N) is 1. The number of ether oxygens (including phenoxy) is 2. The van der Waals surface area contributed by atoms with Crippen molar-refractivity contribution in [3.63, 3.8) is 0 Å². The van der Waals surface area contributed by atoms with Crippen LogP contribution in [0, 0.1) is 0 Å². The second-order valence-electron chi connectivity index (χ2n) is 5.74. The normalized spacial score (nSPS) is 10.6. The van der Waals surface area contributed by atoms with Crippen molar-refractivity contribution in [3.05, 3.63) is 70.2 Å². The van der Waals surface area contributed by atoms with Crippen molar-refractivity contribution in [1.29, 1.82) is 0 Å². The summed E-state index contributed by atoms with van der Waals surface area (Å²) in [6, 6.07) is 17.7. The highest BCUT2D eigenvalue weighted by atomic mass is 79.9. The Morgan fingerprint density at radius 3 is 2.65 bits per heavy atom. The van der Waals surface area contributed by atoms with Crippen LogP contribution in [0.3, 0.4) is 0 Å². The highest BCUT2D eigenvalue weighted by Crippen LogP contribution is 2.36. The van der Waals surface area contributed by atoms with Crippen LogP contribution >= 0.6 is 15.9 Å². The van der Waals surface area contributed by atoms with Gasteiger partial charge in [0.2, 0.25) is 0 Å². The fraction of sp³-hybridized carbons (Fsp3) is 0.190. The van der Waals surface area contributed by atoms with Crippen molar-refractivity contribution in [2.75, 3.05) is 13.7 Å². The Kier molecular flexibility index (Phi) is 5.78. The predicted molar refractivity (Wildman–Crippen MR) is 107 cm³/mol. The van der Waals surface area contributed by atoms with E-state index in [4.69, 9.17) is 9.47 Å². The highest BCUT2D eigenvalue weighted by molar-refractivity contribution is 9.10. The summed E-state index contributed by atoms with van der Waals surface area (Å²) in [4.78, 5) is 12.6. The molecule has 0 heterocycles. The van der Waals surface area contributed by atoms with Gasteiger partial charge in [-0.3, -0.25) is 4.79 Å². The fourth-order valence-corrected chi connectivity index (χ4v) is 3.49. The zero-order valence-corrected chi connectivity index (χ0v) is 16.3. The molecule has 3 aromatic rings. The molecule has 1 N–H and O–H groups in total. The maximum Gasteiger partial charge on any atom is 0.251 e. The van der Waals surface area contributed by atoms with Crippen LogP contribution in [0.25, 0.3) is 10.8 Å². The molecule has 0 saturated heterocycles. The van der Waals surface area contributed by atoms with Gasteiger partial charge in [-0.15, -0.1) is 0 Å². The summed E-state index contributed by atoms with van der Waals surface area (Å²) in [5.41, 5.74) is 1.59. The smallest absolute Gasteiger partial charge is 0.251 e. The fourth-order valence-electron chi connectivity index (χ4n) is 2.88. The lowest BCUT2D eigenvalue weighted by Crippen LogP contribution is -2.23. The third-order valence-electron chi connectivity index (χ3n) is 4.10. The summed E-state index contributed by atoms with van der Waals surface area (Å²) < 4.78 is 11.6. The minimum Gasteiger partial charge on any atom is -0.492 e. The lowest BCUT2D eigenvalue weighted by atomic mass is 10.0. The molecule has 0 fully saturated rings. The van der Waals surface area contributed by atoms with Crippen LogP contribution in [0.1, 0.15) is 22.8 Å². The van der Waals surface area contributed by atoms with Crippen molar-refractivity contribution in [1.82, 2.24) is 5.32 Å². The molecule has 0 bridgehead atoms. The molecule has 134 valence electrons. The standard InChI is InChI=1S/C21H20BrNO3/c1-3-26-19-12-16(11-18(22)20(19)25-2)21(24)23-13-15-9-6-8-14-7-4-5-10-17(14)15/h4-12H,3,13H2,1-2H3,(H,23,24). The molecular formula is C21H20BrNO3. The third kappa shape index (κ3) is 3.83. The molecule has 0 aliphatic rings. The van der Waals surface area contributed by atoms with Crippen LogP contribution < -0.4 is 14.8 Å². The largest absolute Gasteiger partial charge is 0.492 e. The van der Waals surface area contributed by atoms with E-state index in [1.807, 2.05) is 31.2 Å². The van der Waals surface area contributed by atoms with Gasteiger partial charge in [0.15, 0.2) is 11.5 Å². The number of hydrogen-bond donors (Lipinski definition) is 1. The number of carbonyl (C=O) groups excluding carboxylic acids is 1. The first-order valence-corrected chi connectivity index (χ1v) is 9.18. The minimum atomic E-state index is -0.165. The number of methoxy groups -OCH3 is 1. The number of rotatable bonds is 6. The highest BCUT2D eigenvalue weighted by Gasteiger charge is 2.15. The molecule has 4 nitrogen and oxygen atoms in total. The zero-order valence-electron chi connectivity index (χ0n) is 14.7. The van der Waals surface area contributed by atoms with Gasteiger partial charge >= 0.3 is 0 Å². The van der Waals surface area contributed by atoms with Gasteiger partial charge in [0.05, 0.1) is 18.2 Å². The van der Waals surface area contributed by atoms with E-state index in [0.717, 1.165) is 16.3 Å². The molecule has 0 radical (unpaired) electrons. The molecule has 3 aromatic carbocycles. The Morgan fingerprint density at radius 1 is 1.12 bits per heavy atom. The van der Waals surface area contributed by atoms with E-state index in [2.05, 4.69) is 39.4 Å². The van der Waals surface area contributed by atoms with Crippen molar-refractivity contribution in [3.8, 4) is 11.5 Å². The molecular weight excluding hydrogens is 394 g/mol. The molecule has 0 aromatic heterocycles. The van der Waals surface area contributed by atoms with Crippen molar-refractivity contribution < 1.29 is 14.3 Å². The first-order valence-electron chi connectivity index (χ1n) is 8.39. The number of amides is 1. The van der Waals surface area contributed by atoms with Crippen LogP contribution in [0.4, 0.5) is 0 Å². The molecule has 0 atom stereocenters. The van der Waals surface area contributed by atoms with E-state index in [1.54, 1.807) is 19.2 Å². The maximum atomic E-state index is 12.6. The van der Waals surface area contributed by atoms with E-state index in [1.165, 1.54) is 0 Å². The van der Waals surface area contributed by atoms with E-state index in [0.29, 0.717) is 34.7 Å². The van der Waals surface area contributed by atoms with Crippen molar-refractivity contribution >= 4 is 32.6 Å². The van der Waals surface area contributed by atoms with Gasteiger partial charge in [-0.05, 0) is 51.3 Å². The molecule has 1 amide bonds. The molecule has 0 aliphatic carbocycles. The van der Waals surface area contributed by atoms with Gasteiger partial charge in [0.1, 0.15) is 0 Å². The molecule has 0 aliphatic heterocycles. The van der Waals surface area contributed by atoms with Crippen LogP contribution in [0.5, 0.6) is 11.5 Å². The minimum absolute atomic E-state index is 0.165.